The van der Waals surface area contributed by atoms with Crippen LogP contribution in [0.5, 0.6) is 0 Å². The number of anilines is 1. The molecule has 9 nitrogen and oxygen atoms in total. The van der Waals surface area contributed by atoms with Gasteiger partial charge >= 0.3 is 0 Å². The predicted octanol–water partition coefficient (Wildman–Crippen LogP) is 0.577. The maximum atomic E-state index is 12.5. The van der Waals surface area contributed by atoms with Gasteiger partial charge in [-0.2, -0.15) is 0 Å². The Morgan fingerprint density at radius 2 is 2.03 bits per heavy atom. The van der Waals surface area contributed by atoms with E-state index in [4.69, 9.17) is 0 Å². The van der Waals surface area contributed by atoms with Crippen molar-refractivity contribution >= 4 is 17.6 Å². The van der Waals surface area contributed by atoms with Gasteiger partial charge < -0.3 is 20.6 Å². The number of benzene rings is 1. The van der Waals surface area contributed by atoms with E-state index in [1.54, 1.807) is 17.9 Å². The second-order valence-corrected chi connectivity index (χ2v) is 8.67. The summed E-state index contributed by atoms with van der Waals surface area (Å²) < 4.78 is 0. The molecule has 0 spiro atoms. The molecule has 32 heavy (non-hydrogen) atoms. The van der Waals surface area contributed by atoms with Crippen LogP contribution >= 0.6 is 0 Å². The van der Waals surface area contributed by atoms with Gasteiger partial charge in [-0.3, -0.25) is 14.5 Å². The average Bonchev–Trinajstić information content (AvgIpc) is 2.74. The standard InChI is InChI=1S/C23H30N6O3/c1-15-3-4-18-10-28(6-5-17(18)7-15)13-20(31)9-24-23(32)21-8-22(26-14-25-21)27-19-11-29(12-19)16(2)30/h3-4,7-8,14,19-20,31H,5-6,9-13H2,1-2H3,(H,24,32)(H,25,26,27). The molecule has 1 saturated heterocycles. The number of aliphatic hydroxyl groups excluding tert-OH is 1. The topological polar surface area (TPSA) is 111 Å². The van der Waals surface area contributed by atoms with Crippen molar-refractivity contribution < 1.29 is 14.7 Å². The number of β-amino-alcohol motifs (C(OH)–C–C–N with tert-alkyl or cyclic N) is 1. The Morgan fingerprint density at radius 1 is 1.22 bits per heavy atom. The first-order chi connectivity index (χ1) is 15.4. The summed E-state index contributed by atoms with van der Waals surface area (Å²) in [5.74, 6) is 0.238. The Bertz CT molecular complexity index is 991. The van der Waals surface area contributed by atoms with Crippen molar-refractivity contribution in [2.45, 2.75) is 39.0 Å². The number of nitrogens with one attached hydrogen (secondary N) is 2. The van der Waals surface area contributed by atoms with Crippen LogP contribution in [0.25, 0.3) is 0 Å². The van der Waals surface area contributed by atoms with Crippen LogP contribution in [0.4, 0.5) is 5.82 Å². The smallest absolute Gasteiger partial charge is 0.270 e. The van der Waals surface area contributed by atoms with Gasteiger partial charge in [0.2, 0.25) is 5.91 Å². The molecule has 0 saturated carbocycles. The van der Waals surface area contributed by atoms with Crippen LogP contribution in [0.15, 0.2) is 30.6 Å². The number of rotatable bonds is 7. The second-order valence-electron chi connectivity index (χ2n) is 8.67. The summed E-state index contributed by atoms with van der Waals surface area (Å²) in [6.45, 7) is 7.24. The van der Waals surface area contributed by atoms with Gasteiger partial charge in [0.05, 0.1) is 12.1 Å². The number of hydrogen-bond donors (Lipinski definition) is 3. The zero-order chi connectivity index (χ0) is 22.7. The number of likely N-dealkylation sites (tertiary alicyclic amines) is 1. The number of aliphatic hydroxyl groups is 1. The molecular weight excluding hydrogens is 408 g/mol. The number of fused-ring (bicyclic) bond motifs is 1. The van der Waals surface area contributed by atoms with Gasteiger partial charge in [0.15, 0.2) is 0 Å². The maximum Gasteiger partial charge on any atom is 0.270 e. The first-order valence-corrected chi connectivity index (χ1v) is 11.0. The number of aryl methyl sites for hydroxylation is 1. The minimum absolute atomic E-state index is 0.0493. The molecule has 170 valence electrons. The van der Waals surface area contributed by atoms with Crippen molar-refractivity contribution in [1.82, 2.24) is 25.1 Å². The maximum absolute atomic E-state index is 12.5. The molecule has 9 heteroatoms. The van der Waals surface area contributed by atoms with Crippen molar-refractivity contribution in [3.8, 4) is 0 Å². The quantitative estimate of drug-likeness (QED) is 0.580. The third-order valence-electron chi connectivity index (χ3n) is 6.00. The molecule has 2 aromatic rings. The molecular formula is C23H30N6O3. The van der Waals surface area contributed by atoms with E-state index in [1.807, 2.05) is 0 Å². The first kappa shape index (κ1) is 22.2. The molecule has 0 radical (unpaired) electrons. The lowest BCUT2D eigenvalue weighted by Gasteiger charge is -2.39. The molecule has 1 aromatic carbocycles. The van der Waals surface area contributed by atoms with Gasteiger partial charge in [0, 0.05) is 52.3 Å². The lowest BCUT2D eigenvalue weighted by Crippen LogP contribution is -2.56. The molecule has 1 aromatic heterocycles. The van der Waals surface area contributed by atoms with Gasteiger partial charge in [-0.1, -0.05) is 23.8 Å². The monoisotopic (exact) mass is 438 g/mol. The van der Waals surface area contributed by atoms with Crippen molar-refractivity contribution in [1.29, 1.82) is 0 Å². The summed E-state index contributed by atoms with van der Waals surface area (Å²) in [7, 11) is 0. The lowest BCUT2D eigenvalue weighted by molar-refractivity contribution is -0.132. The van der Waals surface area contributed by atoms with Crippen LogP contribution in [-0.2, 0) is 17.8 Å². The number of carbonyl (C=O) groups is 2. The SMILES string of the molecule is CC(=O)N1CC(Nc2cc(C(=O)NCC(O)CN3CCc4cc(C)ccc4C3)ncn2)C1. The van der Waals surface area contributed by atoms with Crippen molar-refractivity contribution in [3.05, 3.63) is 53.0 Å². The van der Waals surface area contributed by atoms with E-state index in [2.05, 4.69) is 50.6 Å². The van der Waals surface area contributed by atoms with Gasteiger partial charge in [-0.15, -0.1) is 0 Å². The molecule has 0 aliphatic carbocycles. The van der Waals surface area contributed by atoms with E-state index >= 15 is 0 Å². The van der Waals surface area contributed by atoms with Gasteiger partial charge in [-0.05, 0) is 24.5 Å². The van der Waals surface area contributed by atoms with Gasteiger partial charge in [0.25, 0.3) is 5.91 Å². The predicted molar refractivity (Wildman–Crippen MR) is 120 cm³/mol. The number of hydrogen-bond acceptors (Lipinski definition) is 7. The van der Waals surface area contributed by atoms with Crippen molar-refractivity contribution in [2.24, 2.45) is 0 Å². The second kappa shape index (κ2) is 9.62. The largest absolute Gasteiger partial charge is 0.390 e. The Morgan fingerprint density at radius 3 is 2.81 bits per heavy atom. The normalized spacial score (nSPS) is 17.3. The van der Waals surface area contributed by atoms with E-state index in [0.29, 0.717) is 25.5 Å². The third kappa shape index (κ3) is 5.41. The number of nitrogens with zero attached hydrogens (tertiary/aromatic N) is 4. The van der Waals surface area contributed by atoms with Crippen LogP contribution in [0.2, 0.25) is 0 Å². The molecule has 3 heterocycles. The molecule has 1 atom stereocenters. The van der Waals surface area contributed by atoms with Crippen LogP contribution in [0.3, 0.4) is 0 Å². The minimum Gasteiger partial charge on any atom is -0.390 e. The molecule has 2 aliphatic rings. The summed E-state index contributed by atoms with van der Waals surface area (Å²) in [6.07, 6.45) is 1.64. The van der Waals surface area contributed by atoms with E-state index in [9.17, 15) is 14.7 Å². The van der Waals surface area contributed by atoms with Crippen LogP contribution in [0.1, 0.15) is 34.1 Å². The number of aromatic nitrogens is 2. The van der Waals surface area contributed by atoms with E-state index in [-0.39, 0.29) is 30.1 Å². The summed E-state index contributed by atoms with van der Waals surface area (Å²) in [5.41, 5.74) is 4.19. The van der Waals surface area contributed by atoms with E-state index in [1.165, 1.54) is 23.0 Å². The lowest BCUT2D eigenvalue weighted by atomic mass is 9.97. The van der Waals surface area contributed by atoms with E-state index < -0.39 is 6.10 Å². The molecule has 3 N–H and O–H groups in total. The Hall–Kier alpha value is -3.04. The molecule has 1 fully saturated rings. The molecule has 1 unspecified atom stereocenters. The fourth-order valence-electron chi connectivity index (χ4n) is 4.16. The molecule has 4 rings (SSSR count). The Kier molecular flexibility index (Phi) is 6.66. The summed E-state index contributed by atoms with van der Waals surface area (Å²) >= 11 is 0. The third-order valence-corrected chi connectivity index (χ3v) is 6.00. The zero-order valence-electron chi connectivity index (χ0n) is 18.5. The number of carbonyl (C=O) groups excluding carboxylic acids is 2. The highest BCUT2D eigenvalue weighted by Crippen LogP contribution is 2.20. The summed E-state index contributed by atoms with van der Waals surface area (Å²) in [6, 6.07) is 8.21. The number of amides is 2. The highest BCUT2D eigenvalue weighted by atomic mass is 16.3. The van der Waals surface area contributed by atoms with Crippen LogP contribution in [0, 0.1) is 6.92 Å². The molecule has 0 bridgehead atoms. The molecule has 2 aliphatic heterocycles. The Balaban J connectivity index is 1.23. The minimum atomic E-state index is -0.669. The zero-order valence-corrected chi connectivity index (χ0v) is 18.5. The highest BCUT2D eigenvalue weighted by molar-refractivity contribution is 5.92. The first-order valence-electron chi connectivity index (χ1n) is 11.0. The summed E-state index contributed by atoms with van der Waals surface area (Å²) in [5, 5.41) is 16.4. The van der Waals surface area contributed by atoms with E-state index in [0.717, 1.165) is 19.5 Å². The van der Waals surface area contributed by atoms with Gasteiger partial charge in [0.1, 0.15) is 17.8 Å². The molecule has 2 amide bonds. The highest BCUT2D eigenvalue weighted by Gasteiger charge is 2.28. The van der Waals surface area contributed by atoms with Crippen LogP contribution in [-0.4, -0.2) is 81.6 Å². The average molecular weight is 439 g/mol. The van der Waals surface area contributed by atoms with Crippen LogP contribution < -0.4 is 10.6 Å². The Labute approximate surface area is 187 Å². The van der Waals surface area contributed by atoms with Gasteiger partial charge in [-0.25, -0.2) is 9.97 Å². The fourth-order valence-corrected chi connectivity index (χ4v) is 4.16. The van der Waals surface area contributed by atoms with Crippen molar-refractivity contribution in [3.63, 3.8) is 0 Å². The fraction of sp³-hybridized carbons (Fsp3) is 0.478. The van der Waals surface area contributed by atoms with Crippen molar-refractivity contribution in [2.75, 3.05) is 38.0 Å². The summed E-state index contributed by atoms with van der Waals surface area (Å²) in [4.78, 5) is 35.9.